The van der Waals surface area contributed by atoms with Gasteiger partial charge in [0.1, 0.15) is 6.04 Å². The molecular weight excluding hydrogens is 456 g/mol. The van der Waals surface area contributed by atoms with Gasteiger partial charge in [-0.05, 0) is 40.5 Å². The number of rotatable bonds is 7. The van der Waals surface area contributed by atoms with Crippen molar-refractivity contribution in [1.82, 2.24) is 10.2 Å². The molecule has 6 nitrogen and oxygen atoms in total. The fourth-order valence-corrected chi connectivity index (χ4v) is 4.77. The Morgan fingerprint density at radius 2 is 2.03 bits per heavy atom. The van der Waals surface area contributed by atoms with Crippen molar-refractivity contribution >= 4 is 39.5 Å². The molecule has 1 fully saturated rings. The highest BCUT2D eigenvalue weighted by molar-refractivity contribution is 9.10. The van der Waals surface area contributed by atoms with Gasteiger partial charge in [0.05, 0.1) is 24.1 Å². The van der Waals surface area contributed by atoms with Gasteiger partial charge in [-0.2, -0.15) is 0 Å². The molecule has 0 saturated carbocycles. The third kappa shape index (κ3) is 5.05. The normalized spacial score (nSPS) is 15.8. The number of halogens is 1. The van der Waals surface area contributed by atoms with Crippen LogP contribution in [0.4, 0.5) is 0 Å². The predicted molar refractivity (Wildman–Crippen MR) is 117 cm³/mol. The molecule has 2 amide bonds. The minimum absolute atomic E-state index is 0.149. The molecule has 2 aromatic rings. The van der Waals surface area contributed by atoms with Crippen molar-refractivity contribution in [3.8, 4) is 11.5 Å². The minimum Gasteiger partial charge on any atom is -0.493 e. The molecule has 154 valence electrons. The first-order valence-electron chi connectivity index (χ1n) is 9.25. The largest absolute Gasteiger partial charge is 0.493 e. The minimum atomic E-state index is -0.507. The van der Waals surface area contributed by atoms with E-state index in [1.54, 1.807) is 28.8 Å². The fourth-order valence-electron chi connectivity index (χ4n) is 3.06. The summed E-state index contributed by atoms with van der Waals surface area (Å²) >= 11 is 5.02. The third-order valence-corrected chi connectivity index (χ3v) is 6.12. The number of hydrogen-bond acceptors (Lipinski definition) is 5. The summed E-state index contributed by atoms with van der Waals surface area (Å²) < 4.78 is 11.6. The zero-order valence-corrected chi connectivity index (χ0v) is 18.7. The van der Waals surface area contributed by atoms with E-state index in [9.17, 15) is 9.59 Å². The van der Waals surface area contributed by atoms with Crippen molar-refractivity contribution in [3.05, 3.63) is 58.1 Å². The van der Waals surface area contributed by atoms with E-state index in [1.165, 1.54) is 7.11 Å². The van der Waals surface area contributed by atoms with Crippen LogP contribution in [0.25, 0.3) is 0 Å². The predicted octanol–water partition coefficient (Wildman–Crippen LogP) is 3.69. The number of carbonyl (C=O) groups is 2. The molecule has 1 unspecified atom stereocenters. The Morgan fingerprint density at radius 1 is 1.28 bits per heavy atom. The van der Waals surface area contributed by atoms with Crippen LogP contribution in [0.1, 0.15) is 22.8 Å². The highest BCUT2D eigenvalue weighted by atomic mass is 79.9. The van der Waals surface area contributed by atoms with Gasteiger partial charge in [0.15, 0.2) is 11.5 Å². The standard InChI is InChI=1S/C21H23BrN2O4S/c1-3-28-19-16(22)9-15(10-18(19)27-2)21(26)24-13-29-12-17(24)20(25)23-11-14-7-5-4-6-8-14/h4-10,17H,3,11-13H2,1-2H3,(H,23,25). The molecule has 1 heterocycles. The van der Waals surface area contributed by atoms with Crippen LogP contribution in [-0.4, -0.2) is 48.1 Å². The molecule has 0 radical (unpaired) electrons. The first-order valence-corrected chi connectivity index (χ1v) is 11.2. The van der Waals surface area contributed by atoms with Gasteiger partial charge in [0.2, 0.25) is 5.91 Å². The number of nitrogens with one attached hydrogen (secondary N) is 1. The zero-order valence-electron chi connectivity index (χ0n) is 16.3. The van der Waals surface area contributed by atoms with E-state index in [2.05, 4.69) is 21.2 Å². The highest BCUT2D eigenvalue weighted by Crippen LogP contribution is 2.37. The van der Waals surface area contributed by atoms with Crippen molar-refractivity contribution in [1.29, 1.82) is 0 Å². The summed E-state index contributed by atoms with van der Waals surface area (Å²) in [7, 11) is 1.53. The molecule has 0 spiro atoms. The van der Waals surface area contributed by atoms with E-state index in [4.69, 9.17) is 9.47 Å². The first kappa shape index (κ1) is 21.5. The van der Waals surface area contributed by atoms with Crippen LogP contribution in [0.15, 0.2) is 46.9 Å². The Labute approximate surface area is 183 Å². The van der Waals surface area contributed by atoms with Crippen LogP contribution in [-0.2, 0) is 11.3 Å². The molecule has 0 aliphatic carbocycles. The number of methoxy groups -OCH3 is 1. The maximum atomic E-state index is 13.1. The van der Waals surface area contributed by atoms with Crippen LogP contribution in [0.5, 0.6) is 11.5 Å². The van der Waals surface area contributed by atoms with Crippen molar-refractivity contribution in [2.45, 2.75) is 19.5 Å². The smallest absolute Gasteiger partial charge is 0.255 e. The summed E-state index contributed by atoms with van der Waals surface area (Å²) in [4.78, 5) is 27.5. The molecule has 1 saturated heterocycles. The van der Waals surface area contributed by atoms with E-state index in [0.717, 1.165) is 5.56 Å². The average Bonchev–Trinajstić information content (AvgIpc) is 3.23. The summed E-state index contributed by atoms with van der Waals surface area (Å²) in [5.41, 5.74) is 1.46. The van der Waals surface area contributed by atoms with Gasteiger partial charge >= 0.3 is 0 Å². The molecule has 8 heteroatoms. The Bertz CT molecular complexity index is 878. The van der Waals surface area contributed by atoms with E-state index in [1.807, 2.05) is 37.3 Å². The quantitative estimate of drug-likeness (QED) is 0.656. The number of amides is 2. The number of nitrogens with zero attached hydrogens (tertiary/aromatic N) is 1. The lowest BCUT2D eigenvalue weighted by molar-refractivity contribution is -0.124. The summed E-state index contributed by atoms with van der Waals surface area (Å²) in [6.45, 7) is 2.80. The molecule has 3 rings (SSSR count). The number of carbonyl (C=O) groups excluding carboxylic acids is 2. The SMILES string of the molecule is CCOc1c(Br)cc(C(=O)N2CSCC2C(=O)NCc2ccccc2)cc1OC. The van der Waals surface area contributed by atoms with Gasteiger partial charge in [0.25, 0.3) is 5.91 Å². The second-order valence-corrected chi connectivity index (χ2v) is 8.27. The highest BCUT2D eigenvalue weighted by Gasteiger charge is 2.35. The zero-order chi connectivity index (χ0) is 20.8. The summed E-state index contributed by atoms with van der Waals surface area (Å²) in [6, 6.07) is 12.6. The lowest BCUT2D eigenvalue weighted by Gasteiger charge is -2.24. The van der Waals surface area contributed by atoms with Crippen molar-refractivity contribution in [3.63, 3.8) is 0 Å². The second-order valence-electron chi connectivity index (χ2n) is 6.42. The second kappa shape index (κ2) is 10.0. The Kier molecular flexibility index (Phi) is 7.44. The maximum Gasteiger partial charge on any atom is 0.255 e. The van der Waals surface area contributed by atoms with Crippen LogP contribution in [0, 0.1) is 0 Å². The summed E-state index contributed by atoms with van der Waals surface area (Å²) in [5.74, 6) is 1.71. The van der Waals surface area contributed by atoms with Crippen molar-refractivity contribution < 1.29 is 19.1 Å². The molecule has 1 atom stereocenters. The van der Waals surface area contributed by atoms with Crippen LogP contribution in [0.2, 0.25) is 0 Å². The Morgan fingerprint density at radius 3 is 2.72 bits per heavy atom. The van der Waals surface area contributed by atoms with Crippen LogP contribution >= 0.6 is 27.7 Å². The van der Waals surface area contributed by atoms with Crippen LogP contribution < -0.4 is 14.8 Å². The van der Waals surface area contributed by atoms with Gasteiger partial charge in [-0.15, -0.1) is 11.8 Å². The van der Waals surface area contributed by atoms with E-state index in [0.29, 0.717) is 46.3 Å². The number of ether oxygens (including phenoxy) is 2. The summed E-state index contributed by atoms with van der Waals surface area (Å²) in [6.07, 6.45) is 0. The van der Waals surface area contributed by atoms with Gasteiger partial charge in [0, 0.05) is 17.9 Å². The lowest BCUT2D eigenvalue weighted by atomic mass is 10.1. The van der Waals surface area contributed by atoms with Crippen molar-refractivity contribution in [2.24, 2.45) is 0 Å². The lowest BCUT2D eigenvalue weighted by Crippen LogP contribution is -2.47. The van der Waals surface area contributed by atoms with Crippen molar-refractivity contribution in [2.75, 3.05) is 25.3 Å². The third-order valence-electron chi connectivity index (χ3n) is 4.52. The fraction of sp³-hybridized carbons (Fsp3) is 0.333. The maximum absolute atomic E-state index is 13.1. The topological polar surface area (TPSA) is 67.9 Å². The number of benzene rings is 2. The first-order chi connectivity index (χ1) is 14.0. The van der Waals surface area contributed by atoms with E-state index >= 15 is 0 Å². The van der Waals surface area contributed by atoms with Crippen LogP contribution in [0.3, 0.4) is 0 Å². The molecule has 1 aliphatic rings. The molecule has 0 aromatic heterocycles. The number of thioether (sulfide) groups is 1. The Balaban J connectivity index is 1.74. The molecule has 1 aliphatic heterocycles. The molecule has 29 heavy (non-hydrogen) atoms. The average molecular weight is 479 g/mol. The van der Waals surface area contributed by atoms with E-state index < -0.39 is 6.04 Å². The van der Waals surface area contributed by atoms with Gasteiger partial charge < -0.3 is 19.7 Å². The van der Waals surface area contributed by atoms with E-state index in [-0.39, 0.29) is 11.8 Å². The molecule has 1 N–H and O–H groups in total. The molecular formula is C21H23BrN2O4S. The Hall–Kier alpha value is -2.19. The van der Waals surface area contributed by atoms with Gasteiger partial charge in [-0.1, -0.05) is 30.3 Å². The number of hydrogen-bond donors (Lipinski definition) is 1. The molecule has 2 aromatic carbocycles. The molecule has 0 bridgehead atoms. The van der Waals surface area contributed by atoms with Gasteiger partial charge in [-0.25, -0.2) is 0 Å². The van der Waals surface area contributed by atoms with Gasteiger partial charge in [-0.3, -0.25) is 9.59 Å². The monoisotopic (exact) mass is 478 g/mol. The summed E-state index contributed by atoms with van der Waals surface area (Å²) in [5, 5.41) is 2.94.